The molecule has 0 aliphatic carbocycles. The summed E-state index contributed by atoms with van der Waals surface area (Å²) < 4.78 is 6.62. The number of nitrogens with zero attached hydrogens (tertiary/aromatic N) is 3. The zero-order valence-corrected chi connectivity index (χ0v) is 14.7. The second-order valence-corrected chi connectivity index (χ2v) is 7.60. The van der Waals surface area contributed by atoms with E-state index in [9.17, 15) is 9.59 Å². The van der Waals surface area contributed by atoms with Gasteiger partial charge in [-0.15, -0.1) is 11.3 Å². The Kier molecular flexibility index (Phi) is 4.08. The van der Waals surface area contributed by atoms with Crippen molar-refractivity contribution in [1.29, 1.82) is 0 Å². The maximum Gasteiger partial charge on any atom is 0.410 e. The first-order valence-electron chi connectivity index (χ1n) is 7.68. The van der Waals surface area contributed by atoms with Crippen molar-refractivity contribution in [1.82, 2.24) is 14.7 Å². The Bertz CT molecular complexity index is 774. The van der Waals surface area contributed by atoms with Gasteiger partial charge < -0.3 is 15.4 Å². The van der Waals surface area contributed by atoms with E-state index in [1.165, 1.54) is 16.0 Å². The molecule has 0 unspecified atom stereocenters. The number of fused-ring (bicyclic) bond motifs is 1. The molecular formula is C16H20N4O3S. The number of nitrogen functional groups attached to an aromatic ring is 1. The quantitative estimate of drug-likeness (QED) is 0.855. The first-order valence-corrected chi connectivity index (χ1v) is 8.56. The first kappa shape index (κ1) is 16.5. The third kappa shape index (κ3) is 3.14. The topological polar surface area (TPSA) is 90.5 Å². The first-order chi connectivity index (χ1) is 11.3. The SMILES string of the molecule is CC(C)(C)OC(=O)N1CCc2c(nn(C(=O)c3cccs3)c2N)C1. The van der Waals surface area contributed by atoms with E-state index >= 15 is 0 Å². The van der Waals surface area contributed by atoms with Crippen LogP contribution in [0.4, 0.5) is 10.6 Å². The molecule has 0 atom stereocenters. The van der Waals surface area contributed by atoms with Crippen LogP contribution >= 0.6 is 11.3 Å². The number of hydrogen-bond donors (Lipinski definition) is 1. The van der Waals surface area contributed by atoms with Gasteiger partial charge in [0.1, 0.15) is 11.4 Å². The van der Waals surface area contributed by atoms with Crippen LogP contribution in [-0.4, -0.2) is 38.8 Å². The molecule has 3 heterocycles. The molecule has 1 aliphatic heterocycles. The Morgan fingerprint density at radius 1 is 1.38 bits per heavy atom. The Morgan fingerprint density at radius 3 is 2.75 bits per heavy atom. The molecule has 2 N–H and O–H groups in total. The third-order valence-corrected chi connectivity index (χ3v) is 4.51. The maximum atomic E-state index is 12.5. The smallest absolute Gasteiger partial charge is 0.410 e. The number of ether oxygens (including phenoxy) is 1. The average molecular weight is 348 g/mol. The zero-order valence-electron chi connectivity index (χ0n) is 13.9. The highest BCUT2D eigenvalue weighted by Crippen LogP contribution is 2.26. The Balaban J connectivity index is 1.82. The van der Waals surface area contributed by atoms with Gasteiger partial charge in [0.05, 0.1) is 17.1 Å². The molecule has 24 heavy (non-hydrogen) atoms. The summed E-state index contributed by atoms with van der Waals surface area (Å²) in [6.07, 6.45) is 0.170. The van der Waals surface area contributed by atoms with Gasteiger partial charge in [-0.25, -0.2) is 4.79 Å². The number of carbonyl (C=O) groups is 2. The van der Waals surface area contributed by atoms with Gasteiger partial charge in [-0.1, -0.05) is 6.07 Å². The van der Waals surface area contributed by atoms with E-state index in [4.69, 9.17) is 10.5 Å². The number of nitrogens with two attached hydrogens (primary N) is 1. The molecule has 2 aromatic rings. The molecule has 128 valence electrons. The van der Waals surface area contributed by atoms with E-state index in [-0.39, 0.29) is 12.0 Å². The van der Waals surface area contributed by atoms with Crippen LogP contribution in [0.1, 0.15) is 41.7 Å². The third-order valence-electron chi connectivity index (χ3n) is 3.65. The van der Waals surface area contributed by atoms with Crippen LogP contribution in [0.3, 0.4) is 0 Å². The zero-order chi connectivity index (χ0) is 17.5. The molecule has 7 nitrogen and oxygen atoms in total. The minimum Gasteiger partial charge on any atom is -0.444 e. The lowest BCUT2D eigenvalue weighted by atomic mass is 10.1. The van der Waals surface area contributed by atoms with E-state index in [0.717, 1.165) is 5.56 Å². The largest absolute Gasteiger partial charge is 0.444 e. The molecule has 3 rings (SSSR count). The van der Waals surface area contributed by atoms with Crippen molar-refractivity contribution < 1.29 is 14.3 Å². The van der Waals surface area contributed by atoms with E-state index in [0.29, 0.717) is 35.9 Å². The fourth-order valence-corrected chi connectivity index (χ4v) is 3.21. The second-order valence-electron chi connectivity index (χ2n) is 6.66. The summed E-state index contributed by atoms with van der Waals surface area (Å²) in [4.78, 5) is 26.8. The number of thiophene rings is 1. The van der Waals surface area contributed by atoms with Gasteiger partial charge in [0, 0.05) is 12.1 Å². The van der Waals surface area contributed by atoms with Crippen molar-refractivity contribution in [2.75, 3.05) is 12.3 Å². The van der Waals surface area contributed by atoms with Crippen LogP contribution in [0, 0.1) is 0 Å². The van der Waals surface area contributed by atoms with Crippen molar-refractivity contribution in [3.05, 3.63) is 33.6 Å². The van der Waals surface area contributed by atoms with Crippen LogP contribution in [0.5, 0.6) is 0 Å². The summed E-state index contributed by atoms with van der Waals surface area (Å²) in [6.45, 7) is 6.26. The average Bonchev–Trinajstić information content (AvgIpc) is 3.13. The maximum absolute atomic E-state index is 12.5. The molecule has 0 radical (unpaired) electrons. The Hall–Kier alpha value is -2.35. The van der Waals surface area contributed by atoms with Crippen molar-refractivity contribution in [3.8, 4) is 0 Å². The Morgan fingerprint density at radius 2 is 2.12 bits per heavy atom. The minimum absolute atomic E-state index is 0.249. The number of hydrogen-bond acceptors (Lipinski definition) is 6. The summed E-state index contributed by atoms with van der Waals surface area (Å²) in [5.74, 6) is 0.105. The number of aromatic nitrogens is 2. The lowest BCUT2D eigenvalue weighted by Crippen LogP contribution is -2.39. The number of rotatable bonds is 1. The molecule has 0 spiro atoms. The van der Waals surface area contributed by atoms with Crippen LogP contribution in [0.2, 0.25) is 0 Å². The second kappa shape index (κ2) is 5.94. The highest BCUT2D eigenvalue weighted by atomic mass is 32.1. The highest BCUT2D eigenvalue weighted by molar-refractivity contribution is 7.12. The van der Waals surface area contributed by atoms with Gasteiger partial charge in [-0.3, -0.25) is 4.79 Å². The number of carbonyl (C=O) groups excluding carboxylic acids is 2. The summed E-state index contributed by atoms with van der Waals surface area (Å²) in [5, 5.41) is 6.17. The van der Waals surface area contributed by atoms with Gasteiger partial charge in [-0.05, 0) is 38.6 Å². The molecule has 8 heteroatoms. The van der Waals surface area contributed by atoms with Crippen LogP contribution < -0.4 is 5.73 Å². The molecule has 0 fully saturated rings. The summed E-state index contributed by atoms with van der Waals surface area (Å²) in [5.41, 5.74) is 7.03. The van der Waals surface area contributed by atoms with Crippen molar-refractivity contribution in [2.45, 2.75) is 39.3 Å². The molecule has 0 bridgehead atoms. The van der Waals surface area contributed by atoms with Crippen molar-refractivity contribution in [3.63, 3.8) is 0 Å². The molecule has 0 saturated carbocycles. The summed E-state index contributed by atoms with van der Waals surface area (Å²) in [6, 6.07) is 3.54. The van der Waals surface area contributed by atoms with Gasteiger partial charge in [0.25, 0.3) is 5.91 Å². The van der Waals surface area contributed by atoms with E-state index < -0.39 is 5.60 Å². The van der Waals surface area contributed by atoms with Crippen molar-refractivity contribution in [2.24, 2.45) is 0 Å². The van der Waals surface area contributed by atoms with E-state index in [1.807, 2.05) is 32.2 Å². The fraction of sp³-hybridized carbons (Fsp3) is 0.438. The predicted molar refractivity (Wildman–Crippen MR) is 91.0 cm³/mol. The molecular weight excluding hydrogens is 328 g/mol. The Labute approximate surface area is 144 Å². The van der Waals surface area contributed by atoms with Crippen molar-refractivity contribution >= 4 is 29.2 Å². The van der Waals surface area contributed by atoms with Gasteiger partial charge in [0.15, 0.2) is 0 Å². The normalized spacial score (nSPS) is 14.4. The molecule has 1 aliphatic rings. The minimum atomic E-state index is -0.551. The van der Waals surface area contributed by atoms with Gasteiger partial charge >= 0.3 is 6.09 Å². The number of anilines is 1. The van der Waals surface area contributed by atoms with Crippen LogP contribution in [-0.2, 0) is 17.7 Å². The summed E-state index contributed by atoms with van der Waals surface area (Å²) in [7, 11) is 0. The van der Waals surface area contributed by atoms with Gasteiger partial charge in [-0.2, -0.15) is 9.78 Å². The van der Waals surface area contributed by atoms with Crippen LogP contribution in [0.25, 0.3) is 0 Å². The van der Waals surface area contributed by atoms with Crippen LogP contribution in [0.15, 0.2) is 17.5 Å². The van der Waals surface area contributed by atoms with E-state index in [1.54, 1.807) is 11.0 Å². The lowest BCUT2D eigenvalue weighted by Gasteiger charge is -2.29. The lowest BCUT2D eigenvalue weighted by molar-refractivity contribution is 0.0221. The highest BCUT2D eigenvalue weighted by Gasteiger charge is 2.30. The molecule has 0 aromatic carbocycles. The fourth-order valence-electron chi connectivity index (χ4n) is 2.56. The summed E-state index contributed by atoms with van der Waals surface area (Å²) >= 11 is 1.34. The predicted octanol–water partition coefficient (Wildman–Crippen LogP) is 2.51. The van der Waals surface area contributed by atoms with Gasteiger partial charge in [0.2, 0.25) is 0 Å². The van der Waals surface area contributed by atoms with E-state index in [2.05, 4.69) is 5.10 Å². The molecule has 2 aromatic heterocycles. The molecule has 0 saturated heterocycles. The molecule has 1 amide bonds. The number of amides is 1. The monoisotopic (exact) mass is 348 g/mol. The standard InChI is InChI=1S/C16H20N4O3S/c1-16(2,3)23-15(22)19-7-6-10-11(9-19)18-20(13(10)17)14(21)12-5-4-8-24-12/h4-5,8H,6-7,9,17H2,1-3H3.